The fourth-order valence-corrected chi connectivity index (χ4v) is 3.29. The first kappa shape index (κ1) is 19.5. The lowest BCUT2D eigenvalue weighted by Crippen LogP contribution is -2.40. The van der Waals surface area contributed by atoms with E-state index < -0.39 is 17.3 Å². The minimum absolute atomic E-state index is 0.145. The number of likely N-dealkylation sites (N-methyl/N-ethyl adjacent to an activating group) is 1. The molecule has 2 unspecified atom stereocenters. The smallest absolute Gasteiger partial charge is 0.326 e. The van der Waals surface area contributed by atoms with E-state index in [9.17, 15) is 19.2 Å². The molecule has 0 aromatic heterocycles. The third-order valence-electron chi connectivity index (χ3n) is 3.90. The molecule has 3 amide bonds. The summed E-state index contributed by atoms with van der Waals surface area (Å²) in [6.07, 6.45) is 2.04. The maximum Gasteiger partial charge on any atom is 0.326 e. The van der Waals surface area contributed by atoms with Crippen LogP contribution in [0.5, 0.6) is 0 Å². The Hall–Kier alpha value is -1.57. The van der Waals surface area contributed by atoms with Crippen molar-refractivity contribution >= 4 is 35.5 Å². The number of thioether (sulfide) groups is 1. The van der Waals surface area contributed by atoms with Crippen molar-refractivity contribution in [2.45, 2.75) is 50.8 Å². The fraction of sp³-hybridized carbons (Fsp3) is 0.733. The van der Waals surface area contributed by atoms with Gasteiger partial charge in [0.2, 0.25) is 17.7 Å². The normalized spacial score (nSPS) is 19.1. The zero-order valence-electron chi connectivity index (χ0n) is 13.8. The van der Waals surface area contributed by atoms with Gasteiger partial charge in [-0.3, -0.25) is 19.3 Å². The van der Waals surface area contributed by atoms with E-state index in [1.54, 1.807) is 0 Å². The van der Waals surface area contributed by atoms with E-state index in [-0.39, 0.29) is 30.6 Å². The molecule has 2 atom stereocenters. The molecule has 1 N–H and O–H groups in total. The summed E-state index contributed by atoms with van der Waals surface area (Å²) < 4.78 is 0. The van der Waals surface area contributed by atoms with Gasteiger partial charge in [0.1, 0.15) is 6.04 Å². The molecule has 130 valence electrons. The van der Waals surface area contributed by atoms with Crippen LogP contribution in [0.15, 0.2) is 0 Å². The summed E-state index contributed by atoms with van der Waals surface area (Å²) >= 11 is 1.29. The molecule has 1 saturated heterocycles. The molecule has 1 fully saturated rings. The number of hydrogen-bond donors (Lipinski definition) is 1. The third-order valence-corrected chi connectivity index (χ3v) is 5.12. The second-order valence-electron chi connectivity index (χ2n) is 5.57. The van der Waals surface area contributed by atoms with Crippen molar-refractivity contribution in [3.8, 4) is 0 Å². The van der Waals surface area contributed by atoms with Crippen molar-refractivity contribution in [1.29, 1.82) is 0 Å². The summed E-state index contributed by atoms with van der Waals surface area (Å²) in [5.74, 6) is -1.28. The van der Waals surface area contributed by atoms with Crippen LogP contribution in [0.1, 0.15) is 39.5 Å². The largest absolute Gasteiger partial charge is 0.480 e. The molecule has 0 bridgehead atoms. The van der Waals surface area contributed by atoms with E-state index in [4.69, 9.17) is 5.11 Å². The Labute approximate surface area is 140 Å². The predicted octanol–water partition coefficient (Wildman–Crippen LogP) is 0.969. The van der Waals surface area contributed by atoms with Gasteiger partial charge in [0.25, 0.3) is 0 Å². The summed E-state index contributed by atoms with van der Waals surface area (Å²) in [7, 11) is 1.45. The molecule has 0 saturated carbocycles. The first-order valence-electron chi connectivity index (χ1n) is 7.73. The van der Waals surface area contributed by atoms with Crippen LogP contribution in [0.3, 0.4) is 0 Å². The molecular formula is C15H24N2O5S. The van der Waals surface area contributed by atoms with Crippen LogP contribution >= 0.6 is 11.8 Å². The van der Waals surface area contributed by atoms with Crippen LogP contribution in [0, 0.1) is 0 Å². The van der Waals surface area contributed by atoms with E-state index >= 15 is 0 Å². The van der Waals surface area contributed by atoms with Gasteiger partial charge in [-0.2, -0.15) is 0 Å². The number of rotatable bonds is 9. The highest BCUT2D eigenvalue weighted by Gasteiger charge is 2.38. The van der Waals surface area contributed by atoms with E-state index in [2.05, 4.69) is 0 Å². The number of amides is 3. The topological polar surface area (TPSA) is 95.0 Å². The highest BCUT2D eigenvalue weighted by molar-refractivity contribution is 8.00. The summed E-state index contributed by atoms with van der Waals surface area (Å²) in [4.78, 5) is 49.2. The number of imide groups is 1. The molecule has 1 heterocycles. The van der Waals surface area contributed by atoms with Crippen LogP contribution in [-0.4, -0.2) is 69.2 Å². The average molecular weight is 344 g/mol. The maximum absolute atomic E-state index is 12.1. The van der Waals surface area contributed by atoms with Gasteiger partial charge in [-0.1, -0.05) is 13.3 Å². The molecule has 0 aromatic rings. The zero-order valence-corrected chi connectivity index (χ0v) is 14.6. The van der Waals surface area contributed by atoms with Crippen molar-refractivity contribution in [2.24, 2.45) is 0 Å². The van der Waals surface area contributed by atoms with Crippen molar-refractivity contribution in [3.63, 3.8) is 0 Å². The van der Waals surface area contributed by atoms with Crippen LogP contribution in [0.25, 0.3) is 0 Å². The molecule has 0 spiro atoms. The van der Waals surface area contributed by atoms with Gasteiger partial charge in [-0.25, -0.2) is 4.79 Å². The van der Waals surface area contributed by atoms with Gasteiger partial charge in [-0.15, -0.1) is 11.8 Å². The summed E-state index contributed by atoms with van der Waals surface area (Å²) in [5.41, 5.74) is 0. The van der Waals surface area contributed by atoms with Crippen LogP contribution < -0.4 is 0 Å². The summed E-state index contributed by atoms with van der Waals surface area (Å²) in [6.45, 7) is 3.90. The van der Waals surface area contributed by atoms with Crippen LogP contribution in [-0.2, 0) is 19.2 Å². The molecule has 0 radical (unpaired) electrons. The van der Waals surface area contributed by atoms with Crippen LogP contribution in [0.2, 0.25) is 0 Å². The molecule has 1 rings (SSSR count). The number of carbonyl (C=O) groups excluding carboxylic acids is 3. The highest BCUT2D eigenvalue weighted by Crippen LogP contribution is 2.26. The average Bonchev–Trinajstić information content (AvgIpc) is 2.77. The van der Waals surface area contributed by atoms with Crippen molar-refractivity contribution in [2.75, 3.05) is 19.3 Å². The molecule has 0 aliphatic carbocycles. The highest BCUT2D eigenvalue weighted by atomic mass is 32.2. The minimum Gasteiger partial charge on any atom is -0.480 e. The standard InChI is InChI=1S/C15H24N2O5S/c1-4-5-7-17-13(19)9-11(14(17)20)23-8-6-12(18)16(3)10(2)15(21)22/h10-11H,4-9H2,1-3H3,(H,21,22). The van der Waals surface area contributed by atoms with Crippen molar-refractivity contribution < 1.29 is 24.3 Å². The lowest BCUT2D eigenvalue weighted by atomic mass is 10.3. The molecule has 0 aromatic carbocycles. The Bertz CT molecular complexity index is 482. The first-order valence-corrected chi connectivity index (χ1v) is 8.78. The molecule has 7 nitrogen and oxygen atoms in total. The van der Waals surface area contributed by atoms with Gasteiger partial charge >= 0.3 is 5.97 Å². The second-order valence-corrected chi connectivity index (χ2v) is 6.88. The lowest BCUT2D eigenvalue weighted by Gasteiger charge is -2.21. The van der Waals surface area contributed by atoms with Crippen molar-refractivity contribution in [3.05, 3.63) is 0 Å². The monoisotopic (exact) mass is 344 g/mol. The summed E-state index contributed by atoms with van der Waals surface area (Å²) in [5, 5.41) is 8.45. The number of carboxylic acids is 1. The van der Waals surface area contributed by atoms with Gasteiger partial charge < -0.3 is 10.0 Å². The number of unbranched alkanes of at least 4 members (excludes halogenated alkanes) is 1. The number of carbonyl (C=O) groups is 4. The Morgan fingerprint density at radius 3 is 2.65 bits per heavy atom. The molecular weight excluding hydrogens is 320 g/mol. The molecule has 1 aliphatic heterocycles. The number of likely N-dealkylation sites (tertiary alicyclic amines) is 1. The van der Waals surface area contributed by atoms with Gasteiger partial charge in [0.05, 0.1) is 5.25 Å². The predicted molar refractivity (Wildman–Crippen MR) is 87.0 cm³/mol. The number of carboxylic acid groups (broad SMARTS) is 1. The third kappa shape index (κ3) is 5.23. The summed E-state index contributed by atoms with van der Waals surface area (Å²) in [6, 6.07) is -0.883. The SMILES string of the molecule is CCCCN1C(=O)CC(SCCC(=O)N(C)C(C)C(=O)O)C1=O. The Balaban J connectivity index is 2.41. The van der Waals surface area contributed by atoms with E-state index in [1.807, 2.05) is 6.92 Å². The van der Waals surface area contributed by atoms with Gasteiger partial charge in [-0.05, 0) is 13.3 Å². The zero-order chi connectivity index (χ0) is 17.6. The Kier molecular flexibility index (Phi) is 7.54. The number of nitrogens with zero attached hydrogens (tertiary/aromatic N) is 2. The Morgan fingerprint density at radius 2 is 2.09 bits per heavy atom. The maximum atomic E-state index is 12.1. The van der Waals surface area contributed by atoms with Gasteiger partial charge in [0, 0.05) is 32.2 Å². The van der Waals surface area contributed by atoms with Crippen LogP contribution in [0.4, 0.5) is 0 Å². The van der Waals surface area contributed by atoms with Crippen molar-refractivity contribution in [1.82, 2.24) is 9.80 Å². The molecule has 8 heteroatoms. The molecule has 1 aliphatic rings. The molecule has 23 heavy (non-hydrogen) atoms. The second kappa shape index (κ2) is 8.90. The fourth-order valence-electron chi connectivity index (χ4n) is 2.18. The Morgan fingerprint density at radius 1 is 1.43 bits per heavy atom. The number of hydrogen-bond acceptors (Lipinski definition) is 5. The minimum atomic E-state index is -1.06. The van der Waals surface area contributed by atoms with E-state index in [0.717, 1.165) is 12.8 Å². The first-order chi connectivity index (χ1) is 10.8. The van der Waals surface area contributed by atoms with E-state index in [1.165, 1.54) is 35.5 Å². The lowest BCUT2D eigenvalue weighted by molar-refractivity contribution is -0.148. The van der Waals surface area contributed by atoms with Gasteiger partial charge in [0.15, 0.2) is 0 Å². The van der Waals surface area contributed by atoms with E-state index in [0.29, 0.717) is 12.3 Å². The number of aliphatic carboxylic acids is 1. The quantitative estimate of drug-likeness (QED) is 0.626.